The van der Waals surface area contributed by atoms with Crippen molar-refractivity contribution in [3.8, 4) is 0 Å². The molecule has 0 saturated carbocycles. The maximum absolute atomic E-state index is 12.3. The third-order valence-corrected chi connectivity index (χ3v) is 4.33. The van der Waals surface area contributed by atoms with Crippen LogP contribution in [0.25, 0.3) is 0 Å². The number of amides is 1. The average molecular weight is 332 g/mol. The number of nitrogens with one attached hydrogen (secondary N) is 1. The standard InChI is InChI=1S/C16H23F3N2O2/c1-11(2)13-8-21(6-3-5-16(17,18)19)9-14(13)20-15(22)12-4-7-23-10-12/h4,7,10-11,13-14H,3,5-6,8-9H2,1-2H3,(H,20,22)/t13-,14+/m1/s1. The van der Waals surface area contributed by atoms with E-state index in [0.29, 0.717) is 31.1 Å². The molecule has 0 spiro atoms. The molecule has 2 rings (SSSR count). The number of rotatable bonds is 6. The lowest BCUT2D eigenvalue weighted by Crippen LogP contribution is -2.41. The summed E-state index contributed by atoms with van der Waals surface area (Å²) in [5, 5.41) is 2.99. The van der Waals surface area contributed by atoms with Gasteiger partial charge in [0.25, 0.3) is 5.91 Å². The van der Waals surface area contributed by atoms with Gasteiger partial charge in [0.05, 0.1) is 11.8 Å². The summed E-state index contributed by atoms with van der Waals surface area (Å²) < 4.78 is 41.7. The van der Waals surface area contributed by atoms with Crippen molar-refractivity contribution in [1.82, 2.24) is 10.2 Å². The Labute approximate surface area is 134 Å². The van der Waals surface area contributed by atoms with Crippen LogP contribution in [0, 0.1) is 11.8 Å². The Hall–Kier alpha value is -1.50. The molecule has 1 aromatic rings. The van der Waals surface area contributed by atoms with Crippen LogP contribution < -0.4 is 5.32 Å². The predicted octanol–water partition coefficient (Wildman–Crippen LogP) is 3.31. The second kappa shape index (κ2) is 7.38. The number of nitrogens with zero attached hydrogens (tertiary/aromatic N) is 1. The van der Waals surface area contributed by atoms with E-state index in [0.717, 1.165) is 0 Å². The smallest absolute Gasteiger partial charge is 0.389 e. The minimum atomic E-state index is -4.11. The zero-order chi connectivity index (χ0) is 17.0. The van der Waals surface area contributed by atoms with Crippen molar-refractivity contribution in [2.24, 2.45) is 11.8 Å². The van der Waals surface area contributed by atoms with Crippen LogP contribution in [0.1, 0.15) is 37.0 Å². The number of carbonyl (C=O) groups excluding carboxylic acids is 1. The summed E-state index contributed by atoms with van der Waals surface area (Å²) in [6.07, 6.45) is -1.95. The molecule has 7 heteroatoms. The van der Waals surface area contributed by atoms with Crippen LogP contribution in [0.3, 0.4) is 0 Å². The van der Waals surface area contributed by atoms with Crippen molar-refractivity contribution >= 4 is 5.91 Å². The van der Waals surface area contributed by atoms with Crippen molar-refractivity contribution in [2.75, 3.05) is 19.6 Å². The van der Waals surface area contributed by atoms with Gasteiger partial charge in [0.1, 0.15) is 6.26 Å². The highest BCUT2D eigenvalue weighted by atomic mass is 19.4. The fourth-order valence-corrected chi connectivity index (χ4v) is 3.07. The van der Waals surface area contributed by atoms with Gasteiger partial charge in [0.2, 0.25) is 0 Å². The van der Waals surface area contributed by atoms with E-state index in [2.05, 4.69) is 19.2 Å². The molecule has 130 valence electrons. The molecule has 1 aromatic heterocycles. The number of likely N-dealkylation sites (tertiary alicyclic amines) is 1. The number of alkyl halides is 3. The molecule has 1 saturated heterocycles. The highest BCUT2D eigenvalue weighted by Crippen LogP contribution is 2.26. The van der Waals surface area contributed by atoms with Crippen LogP contribution in [0.2, 0.25) is 0 Å². The number of halogens is 3. The molecule has 0 bridgehead atoms. The Morgan fingerprint density at radius 1 is 1.43 bits per heavy atom. The van der Waals surface area contributed by atoms with Crippen LogP contribution in [0.15, 0.2) is 23.0 Å². The predicted molar refractivity (Wildman–Crippen MR) is 80.0 cm³/mol. The SMILES string of the molecule is CC(C)[C@H]1CN(CCCC(F)(F)F)C[C@@H]1NC(=O)c1ccoc1. The van der Waals surface area contributed by atoms with Gasteiger partial charge in [0, 0.05) is 25.6 Å². The third kappa shape index (κ3) is 5.27. The third-order valence-electron chi connectivity index (χ3n) is 4.33. The first kappa shape index (κ1) is 17.8. The molecular weight excluding hydrogens is 309 g/mol. The summed E-state index contributed by atoms with van der Waals surface area (Å²) in [4.78, 5) is 14.2. The number of furan rings is 1. The maximum Gasteiger partial charge on any atom is 0.389 e. The molecule has 2 heterocycles. The van der Waals surface area contributed by atoms with Gasteiger partial charge in [-0.3, -0.25) is 4.79 Å². The van der Waals surface area contributed by atoms with Crippen LogP contribution in [0.5, 0.6) is 0 Å². The fraction of sp³-hybridized carbons (Fsp3) is 0.688. The molecule has 0 radical (unpaired) electrons. The Morgan fingerprint density at radius 2 is 2.17 bits per heavy atom. The topological polar surface area (TPSA) is 45.5 Å². The summed E-state index contributed by atoms with van der Waals surface area (Å²) in [5.41, 5.74) is 0.461. The Morgan fingerprint density at radius 3 is 2.74 bits per heavy atom. The van der Waals surface area contributed by atoms with E-state index in [1.54, 1.807) is 6.07 Å². The summed E-state index contributed by atoms with van der Waals surface area (Å²) in [6.45, 7) is 5.85. The maximum atomic E-state index is 12.3. The summed E-state index contributed by atoms with van der Waals surface area (Å²) in [7, 11) is 0. The molecule has 0 aliphatic carbocycles. The Bertz CT molecular complexity index is 500. The molecule has 0 unspecified atom stereocenters. The molecule has 2 atom stereocenters. The Kier molecular flexibility index (Phi) is 5.73. The van der Waals surface area contributed by atoms with Crippen LogP contribution >= 0.6 is 0 Å². The highest BCUT2D eigenvalue weighted by molar-refractivity contribution is 5.94. The van der Waals surface area contributed by atoms with Crippen molar-refractivity contribution in [3.63, 3.8) is 0 Å². The van der Waals surface area contributed by atoms with Gasteiger partial charge in [-0.25, -0.2) is 0 Å². The number of carbonyl (C=O) groups is 1. The molecule has 1 fully saturated rings. The number of hydrogen-bond donors (Lipinski definition) is 1. The van der Waals surface area contributed by atoms with Crippen molar-refractivity contribution in [2.45, 2.75) is 38.9 Å². The van der Waals surface area contributed by atoms with Crippen molar-refractivity contribution in [3.05, 3.63) is 24.2 Å². The van der Waals surface area contributed by atoms with Crippen LogP contribution in [-0.4, -0.2) is 42.7 Å². The van der Waals surface area contributed by atoms with Gasteiger partial charge in [-0.15, -0.1) is 0 Å². The molecule has 0 aromatic carbocycles. The highest BCUT2D eigenvalue weighted by Gasteiger charge is 2.36. The normalized spacial score (nSPS) is 22.7. The van der Waals surface area contributed by atoms with Gasteiger partial charge >= 0.3 is 6.18 Å². The lowest BCUT2D eigenvalue weighted by atomic mass is 9.91. The molecule has 1 N–H and O–H groups in total. The first-order valence-electron chi connectivity index (χ1n) is 7.88. The van der Waals surface area contributed by atoms with Crippen LogP contribution in [-0.2, 0) is 0 Å². The average Bonchev–Trinajstić information content (AvgIpc) is 3.06. The van der Waals surface area contributed by atoms with E-state index < -0.39 is 12.6 Å². The van der Waals surface area contributed by atoms with Crippen LogP contribution in [0.4, 0.5) is 13.2 Å². The van der Waals surface area contributed by atoms with E-state index in [1.165, 1.54) is 12.5 Å². The number of hydrogen-bond acceptors (Lipinski definition) is 3. The van der Waals surface area contributed by atoms with Gasteiger partial charge in [-0.05, 0) is 30.9 Å². The van der Waals surface area contributed by atoms with Gasteiger partial charge in [-0.2, -0.15) is 13.2 Å². The van der Waals surface area contributed by atoms with Gasteiger partial charge in [0.15, 0.2) is 0 Å². The first-order chi connectivity index (χ1) is 10.8. The van der Waals surface area contributed by atoms with E-state index in [1.807, 2.05) is 4.90 Å². The lowest BCUT2D eigenvalue weighted by Gasteiger charge is -2.22. The summed E-state index contributed by atoms with van der Waals surface area (Å²) in [5.74, 6) is 0.376. The zero-order valence-corrected chi connectivity index (χ0v) is 13.4. The quantitative estimate of drug-likeness (QED) is 0.869. The lowest BCUT2D eigenvalue weighted by molar-refractivity contribution is -0.136. The van der Waals surface area contributed by atoms with Crippen molar-refractivity contribution < 1.29 is 22.4 Å². The second-order valence-corrected chi connectivity index (χ2v) is 6.48. The molecule has 1 aliphatic rings. The van der Waals surface area contributed by atoms with Gasteiger partial charge in [-0.1, -0.05) is 13.8 Å². The minimum Gasteiger partial charge on any atom is -0.472 e. The second-order valence-electron chi connectivity index (χ2n) is 6.48. The van der Waals surface area contributed by atoms with E-state index >= 15 is 0 Å². The van der Waals surface area contributed by atoms with E-state index in [4.69, 9.17) is 4.42 Å². The molecule has 1 aliphatic heterocycles. The van der Waals surface area contributed by atoms with Gasteiger partial charge < -0.3 is 14.6 Å². The minimum absolute atomic E-state index is 0.0525. The van der Waals surface area contributed by atoms with E-state index in [9.17, 15) is 18.0 Å². The Balaban J connectivity index is 1.89. The molecule has 4 nitrogen and oxygen atoms in total. The monoisotopic (exact) mass is 332 g/mol. The first-order valence-corrected chi connectivity index (χ1v) is 7.88. The molecule has 23 heavy (non-hydrogen) atoms. The molecule has 1 amide bonds. The zero-order valence-electron chi connectivity index (χ0n) is 13.4. The fourth-order valence-electron chi connectivity index (χ4n) is 3.07. The molecular formula is C16H23F3N2O2. The van der Waals surface area contributed by atoms with E-state index in [-0.39, 0.29) is 24.3 Å². The summed E-state index contributed by atoms with van der Waals surface area (Å²) >= 11 is 0. The largest absolute Gasteiger partial charge is 0.472 e. The van der Waals surface area contributed by atoms with Crippen molar-refractivity contribution in [1.29, 1.82) is 0 Å². The summed E-state index contributed by atoms with van der Waals surface area (Å²) in [6, 6.07) is 1.54.